The zero-order valence-corrected chi connectivity index (χ0v) is 13.5. The topological polar surface area (TPSA) is 60.9 Å². The summed E-state index contributed by atoms with van der Waals surface area (Å²) in [6.45, 7) is 4.51. The fourth-order valence-corrected chi connectivity index (χ4v) is 2.13. The molecule has 1 saturated heterocycles. The molecule has 0 bridgehead atoms. The monoisotopic (exact) mass is 334 g/mol. The molecule has 7 heteroatoms. The maximum atomic E-state index is 12.1. The van der Waals surface area contributed by atoms with E-state index in [1.165, 1.54) is 4.90 Å². The van der Waals surface area contributed by atoms with E-state index in [1.54, 1.807) is 0 Å². The predicted molar refractivity (Wildman–Crippen MR) is 86.0 cm³/mol. The summed E-state index contributed by atoms with van der Waals surface area (Å²) >= 11 is 0. The molecule has 1 amide bonds. The van der Waals surface area contributed by atoms with E-state index in [2.05, 4.69) is 0 Å². The highest BCUT2D eigenvalue weighted by atomic mass is 35.5. The molecule has 1 fully saturated rings. The Bertz CT molecular complexity index is 472. The third-order valence-corrected chi connectivity index (χ3v) is 3.38. The number of rotatable bonds is 3. The molecule has 0 aliphatic carbocycles. The number of benzene rings is 1. The number of halogens is 2. The van der Waals surface area contributed by atoms with Gasteiger partial charge in [0.05, 0.1) is 6.54 Å². The van der Waals surface area contributed by atoms with Crippen LogP contribution in [0.2, 0.25) is 0 Å². The molecule has 21 heavy (non-hydrogen) atoms. The first-order valence-electron chi connectivity index (χ1n) is 6.36. The van der Waals surface area contributed by atoms with Gasteiger partial charge in [0.1, 0.15) is 0 Å². The quantitative estimate of drug-likeness (QED) is 0.861. The lowest BCUT2D eigenvalue weighted by molar-refractivity contribution is 0.0835. The Morgan fingerprint density at radius 3 is 2.05 bits per heavy atom. The summed E-state index contributed by atoms with van der Waals surface area (Å²) in [6.07, 6.45) is -0.885. The molecule has 0 unspecified atom stereocenters. The van der Waals surface area contributed by atoms with Crippen LogP contribution in [0, 0.1) is 6.92 Å². The number of piperazine rings is 1. The van der Waals surface area contributed by atoms with Crippen molar-refractivity contribution in [3.8, 4) is 0 Å². The van der Waals surface area contributed by atoms with Gasteiger partial charge in [0, 0.05) is 31.7 Å². The molecule has 0 saturated carbocycles. The highest BCUT2D eigenvalue weighted by molar-refractivity contribution is 5.97. The Kier molecular flexibility index (Phi) is 8.32. The highest BCUT2D eigenvalue weighted by Gasteiger charge is 2.21. The molecule has 1 aromatic rings. The molecule has 1 aliphatic heterocycles. The van der Waals surface area contributed by atoms with Crippen molar-refractivity contribution in [3.63, 3.8) is 0 Å². The van der Waals surface area contributed by atoms with Crippen molar-refractivity contribution in [1.29, 1.82) is 0 Å². The van der Waals surface area contributed by atoms with Crippen LogP contribution in [0.4, 0.5) is 4.79 Å². The SMILES string of the molecule is Cc1ccc(C(=O)CN2CCN(C(=O)O)CC2)cc1.Cl.Cl. The van der Waals surface area contributed by atoms with Crippen molar-refractivity contribution >= 4 is 36.7 Å². The molecule has 0 atom stereocenters. The van der Waals surface area contributed by atoms with Gasteiger partial charge in [-0.15, -0.1) is 24.8 Å². The number of aryl methyl sites for hydroxylation is 1. The molecule has 2 rings (SSSR count). The first-order chi connectivity index (χ1) is 9.06. The molecule has 1 aliphatic rings. The number of ketones is 1. The van der Waals surface area contributed by atoms with E-state index in [1.807, 2.05) is 36.1 Å². The minimum atomic E-state index is -0.885. The molecular formula is C14H20Cl2N2O3. The third-order valence-electron chi connectivity index (χ3n) is 3.38. The number of carbonyl (C=O) groups excluding carboxylic acids is 1. The summed E-state index contributed by atoms with van der Waals surface area (Å²) in [5.74, 6) is 0.0868. The third kappa shape index (κ3) is 5.53. The Morgan fingerprint density at radius 2 is 1.57 bits per heavy atom. The Labute approximate surface area is 136 Å². The van der Waals surface area contributed by atoms with Crippen LogP contribution < -0.4 is 0 Å². The number of Topliss-reactive ketones (excluding diaryl/α,β-unsaturated/α-hetero) is 1. The number of hydrogen-bond donors (Lipinski definition) is 1. The summed E-state index contributed by atoms with van der Waals surface area (Å²) in [4.78, 5) is 26.2. The molecule has 0 aromatic heterocycles. The minimum absolute atomic E-state index is 0. The fourth-order valence-electron chi connectivity index (χ4n) is 2.13. The molecule has 0 radical (unpaired) electrons. The average molecular weight is 335 g/mol. The van der Waals surface area contributed by atoms with Gasteiger partial charge in [-0.05, 0) is 6.92 Å². The van der Waals surface area contributed by atoms with Crippen LogP contribution in [0.1, 0.15) is 15.9 Å². The lowest BCUT2D eigenvalue weighted by atomic mass is 10.1. The average Bonchev–Trinajstić information content (AvgIpc) is 2.40. The maximum absolute atomic E-state index is 12.1. The van der Waals surface area contributed by atoms with Crippen LogP contribution in [0.15, 0.2) is 24.3 Å². The van der Waals surface area contributed by atoms with Gasteiger partial charge in [0.15, 0.2) is 5.78 Å². The molecule has 1 heterocycles. The van der Waals surface area contributed by atoms with Gasteiger partial charge in [-0.2, -0.15) is 0 Å². The minimum Gasteiger partial charge on any atom is -0.465 e. The Balaban J connectivity index is 0.00000200. The van der Waals surface area contributed by atoms with Crippen LogP contribution in [0.3, 0.4) is 0 Å². The van der Waals surface area contributed by atoms with Crippen molar-refractivity contribution in [3.05, 3.63) is 35.4 Å². The van der Waals surface area contributed by atoms with E-state index < -0.39 is 6.09 Å². The predicted octanol–water partition coefficient (Wildman–Crippen LogP) is 2.32. The molecule has 5 nitrogen and oxygen atoms in total. The number of hydrogen-bond acceptors (Lipinski definition) is 3. The summed E-state index contributed by atoms with van der Waals surface area (Å²) in [5.41, 5.74) is 1.85. The van der Waals surface area contributed by atoms with Crippen LogP contribution in [-0.2, 0) is 0 Å². The van der Waals surface area contributed by atoms with Crippen molar-refractivity contribution in [2.24, 2.45) is 0 Å². The summed E-state index contributed by atoms with van der Waals surface area (Å²) in [7, 11) is 0. The van der Waals surface area contributed by atoms with Crippen molar-refractivity contribution in [1.82, 2.24) is 9.80 Å². The highest BCUT2D eigenvalue weighted by Crippen LogP contribution is 2.07. The van der Waals surface area contributed by atoms with Crippen LogP contribution in [-0.4, -0.2) is 59.5 Å². The lowest BCUT2D eigenvalue weighted by Gasteiger charge is -2.32. The second kappa shape index (κ2) is 8.87. The number of nitrogens with zero attached hydrogens (tertiary/aromatic N) is 2. The zero-order valence-electron chi connectivity index (χ0n) is 11.8. The first-order valence-corrected chi connectivity index (χ1v) is 6.36. The molecule has 1 N–H and O–H groups in total. The standard InChI is InChI=1S/C14H18N2O3.2ClH/c1-11-2-4-12(5-3-11)13(17)10-15-6-8-16(9-7-15)14(18)19;;/h2-5H,6-10H2,1H3,(H,18,19);2*1H. The second-order valence-electron chi connectivity index (χ2n) is 4.83. The normalized spacial score (nSPS) is 14.8. The first kappa shape index (κ1) is 19.7. The fraction of sp³-hybridized carbons (Fsp3) is 0.429. The lowest BCUT2D eigenvalue weighted by Crippen LogP contribution is -2.49. The number of carboxylic acid groups (broad SMARTS) is 1. The van der Waals surface area contributed by atoms with Gasteiger partial charge in [-0.3, -0.25) is 9.69 Å². The van der Waals surface area contributed by atoms with E-state index in [0.29, 0.717) is 38.3 Å². The van der Waals surface area contributed by atoms with Crippen LogP contribution >= 0.6 is 24.8 Å². The van der Waals surface area contributed by atoms with Gasteiger partial charge in [0.25, 0.3) is 0 Å². The van der Waals surface area contributed by atoms with Gasteiger partial charge >= 0.3 is 6.09 Å². The Hall–Kier alpha value is -1.30. The van der Waals surface area contributed by atoms with Gasteiger partial charge in [-0.1, -0.05) is 29.8 Å². The van der Waals surface area contributed by atoms with E-state index in [9.17, 15) is 9.59 Å². The second-order valence-corrected chi connectivity index (χ2v) is 4.83. The van der Waals surface area contributed by atoms with E-state index in [0.717, 1.165) is 5.56 Å². The summed E-state index contributed by atoms with van der Waals surface area (Å²) in [5, 5.41) is 8.85. The van der Waals surface area contributed by atoms with Crippen molar-refractivity contribution < 1.29 is 14.7 Å². The zero-order chi connectivity index (χ0) is 13.8. The molecular weight excluding hydrogens is 315 g/mol. The van der Waals surface area contributed by atoms with E-state index >= 15 is 0 Å². The van der Waals surface area contributed by atoms with Crippen LogP contribution in [0.25, 0.3) is 0 Å². The van der Waals surface area contributed by atoms with Crippen molar-refractivity contribution in [2.75, 3.05) is 32.7 Å². The van der Waals surface area contributed by atoms with Crippen LogP contribution in [0.5, 0.6) is 0 Å². The van der Waals surface area contributed by atoms with E-state index in [4.69, 9.17) is 5.11 Å². The van der Waals surface area contributed by atoms with Gasteiger partial charge < -0.3 is 10.0 Å². The largest absolute Gasteiger partial charge is 0.465 e. The van der Waals surface area contributed by atoms with Gasteiger partial charge in [0.2, 0.25) is 0 Å². The maximum Gasteiger partial charge on any atom is 0.407 e. The summed E-state index contributed by atoms with van der Waals surface area (Å²) in [6, 6.07) is 7.53. The molecule has 0 spiro atoms. The molecule has 118 valence electrons. The Morgan fingerprint density at radius 1 is 1.05 bits per heavy atom. The van der Waals surface area contributed by atoms with E-state index in [-0.39, 0.29) is 30.6 Å². The summed E-state index contributed by atoms with van der Waals surface area (Å²) < 4.78 is 0. The smallest absolute Gasteiger partial charge is 0.407 e. The van der Waals surface area contributed by atoms with Gasteiger partial charge in [-0.25, -0.2) is 4.79 Å². The molecule has 1 aromatic carbocycles. The number of carbonyl (C=O) groups is 2. The number of amides is 1. The van der Waals surface area contributed by atoms with Crippen molar-refractivity contribution in [2.45, 2.75) is 6.92 Å².